The van der Waals surface area contributed by atoms with Crippen LogP contribution in [0.3, 0.4) is 0 Å². The van der Waals surface area contributed by atoms with Crippen molar-refractivity contribution in [2.24, 2.45) is 0 Å². The van der Waals surface area contributed by atoms with Gasteiger partial charge in [0.15, 0.2) is 0 Å². The molecule has 0 fully saturated rings. The van der Waals surface area contributed by atoms with E-state index in [0.29, 0.717) is 12.0 Å². The van der Waals surface area contributed by atoms with Gasteiger partial charge in [-0.3, -0.25) is 0 Å². The van der Waals surface area contributed by atoms with E-state index in [4.69, 9.17) is 9.47 Å². The molecule has 0 aliphatic carbocycles. The maximum atomic E-state index is 12.6. The van der Waals surface area contributed by atoms with Crippen LogP contribution in [0.25, 0.3) is 0 Å². The molecule has 0 N–H and O–H groups in total. The number of carbonyl (C=O) groups is 1. The van der Waals surface area contributed by atoms with Crippen LogP contribution in [0.1, 0.15) is 27.9 Å². The molecule has 3 rings (SSSR count). The quantitative estimate of drug-likeness (QED) is 0.791. The van der Waals surface area contributed by atoms with Gasteiger partial charge in [-0.25, -0.2) is 4.79 Å². The molecule has 4 heteroatoms. The number of fused-ring (bicyclic) bond motifs is 1. The number of carbonyl (C=O) groups excluding carboxylic acids is 1. The molecule has 2 aromatic carbocycles. The Balaban J connectivity index is 2.05. The molecule has 1 heterocycles. The van der Waals surface area contributed by atoms with Crippen LogP contribution in [-0.4, -0.2) is 38.6 Å². The number of hydrogen-bond acceptors (Lipinski definition) is 4. The number of rotatable bonds is 5. The van der Waals surface area contributed by atoms with E-state index in [-0.39, 0.29) is 5.97 Å². The van der Waals surface area contributed by atoms with E-state index in [9.17, 15) is 4.79 Å². The van der Waals surface area contributed by atoms with Gasteiger partial charge >= 0.3 is 5.97 Å². The van der Waals surface area contributed by atoms with Gasteiger partial charge in [-0.15, -0.1) is 0 Å². The number of hydrogen-bond donors (Lipinski definition) is 0. The Hall–Kier alpha value is -2.33. The van der Waals surface area contributed by atoms with Gasteiger partial charge in [0, 0.05) is 19.4 Å². The smallest absolute Gasteiger partial charge is 0.339 e. The molecule has 126 valence electrons. The fraction of sp³-hybridized carbons (Fsp3) is 0.350. The molecule has 24 heavy (non-hydrogen) atoms. The Morgan fingerprint density at radius 3 is 2.71 bits per heavy atom. The molecule has 0 aromatic heterocycles. The van der Waals surface area contributed by atoms with Crippen LogP contribution in [-0.2, 0) is 16.8 Å². The van der Waals surface area contributed by atoms with Gasteiger partial charge in [0.2, 0.25) is 0 Å². The third-order valence-electron chi connectivity index (χ3n) is 4.56. The minimum absolute atomic E-state index is 0.251. The zero-order valence-corrected chi connectivity index (χ0v) is 14.4. The minimum Gasteiger partial charge on any atom is -0.497 e. The lowest BCUT2D eigenvalue weighted by Gasteiger charge is -2.39. The zero-order chi connectivity index (χ0) is 17.2. The van der Waals surface area contributed by atoms with E-state index < -0.39 is 5.60 Å². The number of ether oxygens (including phenoxy) is 2. The lowest BCUT2D eigenvalue weighted by Crippen LogP contribution is -2.41. The third kappa shape index (κ3) is 3.15. The van der Waals surface area contributed by atoms with Crippen molar-refractivity contribution in [3.05, 3.63) is 65.2 Å². The first-order valence-corrected chi connectivity index (χ1v) is 8.14. The molecular weight excluding hydrogens is 302 g/mol. The first-order chi connectivity index (χ1) is 11.5. The summed E-state index contributed by atoms with van der Waals surface area (Å²) in [6, 6.07) is 15.5. The van der Waals surface area contributed by atoms with Crippen molar-refractivity contribution < 1.29 is 14.3 Å². The lowest BCUT2D eigenvalue weighted by molar-refractivity contribution is -0.0356. The number of nitrogens with zero attached hydrogens (tertiary/aromatic N) is 1. The summed E-state index contributed by atoms with van der Waals surface area (Å²) in [6.45, 7) is 0.826. The Labute approximate surface area is 143 Å². The highest BCUT2D eigenvalue weighted by Gasteiger charge is 2.41. The second kappa shape index (κ2) is 6.65. The SMILES string of the molecule is COc1cccc(C2(CCN(C)C)Cc3ccccc3C(=O)O2)c1. The molecule has 0 radical (unpaired) electrons. The molecule has 2 aromatic rings. The van der Waals surface area contributed by atoms with E-state index in [1.54, 1.807) is 7.11 Å². The molecule has 0 saturated carbocycles. The van der Waals surface area contributed by atoms with Gasteiger partial charge in [0.25, 0.3) is 0 Å². The molecule has 4 nitrogen and oxygen atoms in total. The first kappa shape index (κ1) is 16.5. The van der Waals surface area contributed by atoms with E-state index in [2.05, 4.69) is 4.90 Å². The van der Waals surface area contributed by atoms with Crippen molar-refractivity contribution in [2.45, 2.75) is 18.4 Å². The summed E-state index contributed by atoms with van der Waals surface area (Å²) in [5.41, 5.74) is 2.02. The predicted molar refractivity (Wildman–Crippen MR) is 93.4 cm³/mol. The Morgan fingerprint density at radius 1 is 1.17 bits per heavy atom. The second-order valence-electron chi connectivity index (χ2n) is 6.50. The van der Waals surface area contributed by atoms with Crippen LogP contribution in [0.4, 0.5) is 0 Å². The monoisotopic (exact) mass is 325 g/mol. The molecule has 1 aliphatic heterocycles. The number of benzene rings is 2. The number of esters is 1. The molecule has 1 aliphatic rings. The van der Waals surface area contributed by atoms with Crippen LogP contribution in [0.5, 0.6) is 5.75 Å². The number of methoxy groups -OCH3 is 1. The summed E-state index contributed by atoms with van der Waals surface area (Å²) in [6.07, 6.45) is 1.41. The number of cyclic esters (lactones) is 1. The maximum absolute atomic E-state index is 12.6. The topological polar surface area (TPSA) is 38.8 Å². The first-order valence-electron chi connectivity index (χ1n) is 8.14. The highest BCUT2D eigenvalue weighted by atomic mass is 16.6. The van der Waals surface area contributed by atoms with Gasteiger partial charge in [0.05, 0.1) is 12.7 Å². The van der Waals surface area contributed by atoms with Crippen molar-refractivity contribution in [3.63, 3.8) is 0 Å². The van der Waals surface area contributed by atoms with Gasteiger partial charge < -0.3 is 14.4 Å². The largest absolute Gasteiger partial charge is 0.497 e. The van der Waals surface area contributed by atoms with Crippen molar-refractivity contribution in [1.82, 2.24) is 4.90 Å². The average molecular weight is 325 g/mol. The fourth-order valence-electron chi connectivity index (χ4n) is 3.21. The normalized spacial score (nSPS) is 19.8. The van der Waals surface area contributed by atoms with Crippen LogP contribution >= 0.6 is 0 Å². The van der Waals surface area contributed by atoms with Crippen molar-refractivity contribution in [1.29, 1.82) is 0 Å². The summed E-state index contributed by atoms with van der Waals surface area (Å²) in [5, 5.41) is 0. The second-order valence-corrected chi connectivity index (χ2v) is 6.50. The summed E-state index contributed by atoms with van der Waals surface area (Å²) in [5.74, 6) is 0.519. The molecule has 1 unspecified atom stereocenters. The van der Waals surface area contributed by atoms with E-state index in [1.807, 2.05) is 62.6 Å². The molecular formula is C20H23NO3. The Morgan fingerprint density at radius 2 is 1.96 bits per heavy atom. The van der Waals surface area contributed by atoms with Crippen LogP contribution < -0.4 is 4.74 Å². The van der Waals surface area contributed by atoms with Crippen LogP contribution in [0.15, 0.2) is 48.5 Å². The van der Waals surface area contributed by atoms with Gasteiger partial charge in [-0.2, -0.15) is 0 Å². The standard InChI is InChI=1S/C20H23NO3/c1-21(2)12-11-20(16-8-6-9-17(13-16)23-3)14-15-7-4-5-10-18(15)19(22)24-20/h4-10,13H,11-12,14H2,1-3H3. The highest BCUT2D eigenvalue weighted by molar-refractivity contribution is 5.92. The zero-order valence-electron chi connectivity index (χ0n) is 14.4. The Kier molecular flexibility index (Phi) is 4.58. The summed E-state index contributed by atoms with van der Waals surface area (Å²) < 4.78 is 11.4. The predicted octanol–water partition coefficient (Wildman–Crippen LogP) is 3.26. The van der Waals surface area contributed by atoms with Crippen molar-refractivity contribution in [3.8, 4) is 5.75 Å². The minimum atomic E-state index is -0.662. The van der Waals surface area contributed by atoms with Crippen LogP contribution in [0, 0.1) is 0 Å². The van der Waals surface area contributed by atoms with Crippen LogP contribution in [0.2, 0.25) is 0 Å². The van der Waals surface area contributed by atoms with Gasteiger partial charge in [-0.05, 0) is 43.4 Å². The van der Waals surface area contributed by atoms with E-state index >= 15 is 0 Å². The molecule has 0 saturated heterocycles. The fourth-order valence-corrected chi connectivity index (χ4v) is 3.21. The Bertz CT molecular complexity index is 741. The summed E-state index contributed by atoms with van der Waals surface area (Å²) in [4.78, 5) is 14.7. The average Bonchev–Trinajstić information content (AvgIpc) is 2.60. The maximum Gasteiger partial charge on any atom is 0.339 e. The highest BCUT2D eigenvalue weighted by Crippen LogP contribution is 2.40. The van der Waals surface area contributed by atoms with Crippen molar-refractivity contribution >= 4 is 5.97 Å². The lowest BCUT2D eigenvalue weighted by atomic mass is 9.80. The summed E-state index contributed by atoms with van der Waals surface area (Å²) in [7, 11) is 5.70. The molecule has 1 atom stereocenters. The molecule has 0 bridgehead atoms. The summed E-state index contributed by atoms with van der Waals surface area (Å²) >= 11 is 0. The van der Waals surface area contributed by atoms with Crippen molar-refractivity contribution in [2.75, 3.05) is 27.7 Å². The third-order valence-corrected chi connectivity index (χ3v) is 4.56. The van der Waals surface area contributed by atoms with Gasteiger partial charge in [0.1, 0.15) is 11.4 Å². The molecule has 0 spiro atoms. The van der Waals surface area contributed by atoms with E-state index in [1.165, 1.54) is 0 Å². The molecule has 0 amide bonds. The van der Waals surface area contributed by atoms with E-state index in [0.717, 1.165) is 29.8 Å². The van der Waals surface area contributed by atoms with Gasteiger partial charge in [-0.1, -0.05) is 30.3 Å².